The number of rotatable bonds is 0. The Bertz CT molecular complexity index is 211. The minimum absolute atomic E-state index is 0. The van der Waals surface area contributed by atoms with Gasteiger partial charge in [-0.3, -0.25) is 24.0 Å². The molecule has 0 aromatic rings. The summed E-state index contributed by atoms with van der Waals surface area (Å²) in [5.74, 6) is -4.17. The van der Waals surface area contributed by atoms with Crippen molar-refractivity contribution in [2.75, 3.05) is 0 Å². The quantitative estimate of drug-likeness (QED) is 0.362. The van der Waals surface area contributed by atoms with Gasteiger partial charge in [0.15, 0.2) is 0 Å². The SMILES string of the molecule is CC(=O)O.CC(=O)O.CC(=O)O.CC(=O)O.CC(=O)O.[Nb]. The fourth-order valence-electron chi connectivity index (χ4n) is 0. The normalized spacial score (nSPS) is 5.95. The van der Waals surface area contributed by atoms with Gasteiger partial charge >= 0.3 is 0 Å². The summed E-state index contributed by atoms with van der Waals surface area (Å²) in [5, 5.41) is 37.1. The van der Waals surface area contributed by atoms with E-state index in [1.54, 1.807) is 0 Å². The Morgan fingerprint density at radius 2 is 0.429 bits per heavy atom. The molecule has 11 heteroatoms. The molecule has 10 nitrogen and oxygen atoms in total. The van der Waals surface area contributed by atoms with Crippen molar-refractivity contribution in [3.05, 3.63) is 0 Å². The Morgan fingerprint density at radius 3 is 0.429 bits per heavy atom. The predicted octanol–water partition coefficient (Wildman–Crippen LogP) is 0.452. The van der Waals surface area contributed by atoms with E-state index >= 15 is 0 Å². The second-order valence-electron chi connectivity index (χ2n) is 2.60. The van der Waals surface area contributed by atoms with Crippen molar-refractivity contribution in [2.45, 2.75) is 34.6 Å². The maximum atomic E-state index is 9.00. The number of carbonyl (C=O) groups is 5. The van der Waals surface area contributed by atoms with E-state index < -0.39 is 29.8 Å². The summed E-state index contributed by atoms with van der Waals surface area (Å²) in [6.45, 7) is 5.42. The average molecular weight is 393 g/mol. The third-order valence-electron chi connectivity index (χ3n) is 0. The first-order valence-electron chi connectivity index (χ1n) is 4.64. The van der Waals surface area contributed by atoms with Gasteiger partial charge in [-0.25, -0.2) is 0 Å². The molecule has 0 aliphatic rings. The maximum Gasteiger partial charge on any atom is 0.300 e. The molecular weight excluding hydrogens is 373 g/mol. The van der Waals surface area contributed by atoms with Gasteiger partial charge in [-0.2, -0.15) is 0 Å². The van der Waals surface area contributed by atoms with Crippen LogP contribution in [0, 0.1) is 0 Å². The molecule has 0 unspecified atom stereocenters. The van der Waals surface area contributed by atoms with E-state index in [1.807, 2.05) is 0 Å². The largest absolute Gasteiger partial charge is 0.481 e. The van der Waals surface area contributed by atoms with E-state index in [2.05, 4.69) is 0 Å². The summed E-state index contributed by atoms with van der Waals surface area (Å²) in [7, 11) is 0. The smallest absolute Gasteiger partial charge is 0.300 e. The molecule has 0 aliphatic carbocycles. The van der Waals surface area contributed by atoms with Crippen molar-refractivity contribution in [2.24, 2.45) is 0 Å². The van der Waals surface area contributed by atoms with Crippen LogP contribution >= 0.6 is 0 Å². The van der Waals surface area contributed by atoms with Crippen molar-refractivity contribution in [3.63, 3.8) is 0 Å². The number of hydrogen-bond donors (Lipinski definition) is 5. The first-order chi connectivity index (χ1) is 8.66. The molecule has 1 radical (unpaired) electrons. The molecule has 0 fully saturated rings. The van der Waals surface area contributed by atoms with E-state index in [-0.39, 0.29) is 22.4 Å². The number of aliphatic carboxylic acids is 5. The first kappa shape index (κ1) is 36.5. The summed E-state index contributed by atoms with van der Waals surface area (Å²) in [4.78, 5) is 45.0. The van der Waals surface area contributed by atoms with Crippen molar-refractivity contribution >= 4 is 29.8 Å². The summed E-state index contributed by atoms with van der Waals surface area (Å²) in [6.07, 6.45) is 0. The Labute approximate surface area is 136 Å². The van der Waals surface area contributed by atoms with Gasteiger partial charge in [0.1, 0.15) is 0 Å². The molecule has 0 aromatic carbocycles. The van der Waals surface area contributed by atoms with Crippen LogP contribution in [0.25, 0.3) is 0 Å². The van der Waals surface area contributed by atoms with Crippen LogP contribution in [0.4, 0.5) is 0 Å². The zero-order valence-electron chi connectivity index (χ0n) is 12.2. The summed E-state index contributed by atoms with van der Waals surface area (Å²) >= 11 is 0. The van der Waals surface area contributed by atoms with E-state index in [9.17, 15) is 0 Å². The van der Waals surface area contributed by atoms with Crippen LogP contribution in [-0.4, -0.2) is 55.4 Å². The van der Waals surface area contributed by atoms with Gasteiger partial charge in [0, 0.05) is 57.0 Å². The number of hydrogen-bond acceptors (Lipinski definition) is 5. The molecule has 0 bridgehead atoms. The molecule has 0 saturated heterocycles. The summed E-state index contributed by atoms with van der Waals surface area (Å²) < 4.78 is 0. The van der Waals surface area contributed by atoms with Crippen LogP contribution < -0.4 is 0 Å². The van der Waals surface area contributed by atoms with Crippen LogP contribution in [0.2, 0.25) is 0 Å². The van der Waals surface area contributed by atoms with Gasteiger partial charge in [-0.1, -0.05) is 0 Å². The first-order valence-corrected chi connectivity index (χ1v) is 4.64. The van der Waals surface area contributed by atoms with Crippen molar-refractivity contribution in [1.29, 1.82) is 0 Å². The Balaban J connectivity index is -0.0000000331. The van der Waals surface area contributed by atoms with E-state index in [1.165, 1.54) is 0 Å². The fourth-order valence-corrected chi connectivity index (χ4v) is 0. The zero-order chi connectivity index (χ0) is 17.9. The third-order valence-corrected chi connectivity index (χ3v) is 0. The topological polar surface area (TPSA) is 186 Å². The molecule has 0 rings (SSSR count). The predicted molar refractivity (Wildman–Crippen MR) is 66.5 cm³/mol. The molecule has 21 heavy (non-hydrogen) atoms. The van der Waals surface area contributed by atoms with E-state index in [4.69, 9.17) is 49.5 Å². The Kier molecular flexibility index (Phi) is 53.5. The number of carboxylic acid groups (broad SMARTS) is 5. The molecule has 0 atom stereocenters. The summed E-state index contributed by atoms with van der Waals surface area (Å²) in [6, 6.07) is 0. The number of carboxylic acids is 5. The molecule has 0 spiro atoms. The molecule has 0 saturated carbocycles. The van der Waals surface area contributed by atoms with Gasteiger partial charge in [-0.15, -0.1) is 0 Å². The second kappa shape index (κ2) is 30.8. The fraction of sp³-hybridized carbons (Fsp3) is 0.500. The van der Waals surface area contributed by atoms with Crippen molar-refractivity contribution < 1.29 is 71.9 Å². The van der Waals surface area contributed by atoms with E-state index in [0.717, 1.165) is 34.6 Å². The van der Waals surface area contributed by atoms with Crippen molar-refractivity contribution in [3.8, 4) is 0 Å². The van der Waals surface area contributed by atoms with Crippen LogP contribution in [0.3, 0.4) is 0 Å². The molecule has 0 aliphatic heterocycles. The van der Waals surface area contributed by atoms with Gasteiger partial charge in [0.05, 0.1) is 0 Å². The van der Waals surface area contributed by atoms with E-state index in [0.29, 0.717) is 0 Å². The molecule has 0 aromatic heterocycles. The minimum Gasteiger partial charge on any atom is -0.481 e. The zero-order valence-corrected chi connectivity index (χ0v) is 14.4. The summed E-state index contributed by atoms with van der Waals surface area (Å²) in [5.41, 5.74) is 0. The standard InChI is InChI=1S/5C2H4O2.Nb/c5*1-2(3)4;/h5*1H3,(H,3,4);. The monoisotopic (exact) mass is 393 g/mol. The third kappa shape index (κ3) is 1280. The van der Waals surface area contributed by atoms with Crippen LogP contribution in [0.15, 0.2) is 0 Å². The van der Waals surface area contributed by atoms with Gasteiger partial charge in [-0.05, 0) is 0 Å². The maximum absolute atomic E-state index is 9.00. The van der Waals surface area contributed by atoms with Gasteiger partial charge in [0.25, 0.3) is 29.8 Å². The second-order valence-corrected chi connectivity index (χ2v) is 2.60. The molecule has 125 valence electrons. The Hall–Kier alpha value is -1.91. The average Bonchev–Trinajstić information content (AvgIpc) is 1.94. The molecular formula is C10H20NbO10. The van der Waals surface area contributed by atoms with Crippen LogP contribution in [0.5, 0.6) is 0 Å². The van der Waals surface area contributed by atoms with Gasteiger partial charge in [0.2, 0.25) is 0 Å². The molecule has 0 amide bonds. The van der Waals surface area contributed by atoms with Crippen LogP contribution in [0.1, 0.15) is 34.6 Å². The Morgan fingerprint density at radius 1 is 0.429 bits per heavy atom. The molecule has 5 N–H and O–H groups in total. The minimum atomic E-state index is -0.833. The van der Waals surface area contributed by atoms with Crippen LogP contribution in [-0.2, 0) is 46.4 Å². The van der Waals surface area contributed by atoms with Crippen molar-refractivity contribution in [1.82, 2.24) is 0 Å². The molecule has 0 heterocycles. The van der Waals surface area contributed by atoms with Gasteiger partial charge < -0.3 is 25.5 Å².